The molecule has 4 radical (unpaired) electrons. The van der Waals surface area contributed by atoms with Gasteiger partial charge in [0.2, 0.25) is 5.91 Å². The minimum Gasteiger partial charge on any atom is -0.570 e. The summed E-state index contributed by atoms with van der Waals surface area (Å²) in [5, 5.41) is 2.36. The average molecular weight is 119 g/mol. The fraction of sp³-hybridized carbons (Fsp3) is 0.250. The molecule has 0 saturated carbocycles. The lowest BCUT2D eigenvalue weighted by Crippen LogP contribution is -2.28. The van der Waals surface area contributed by atoms with Gasteiger partial charge in [-0.3, -0.25) is 4.79 Å². The highest BCUT2D eigenvalue weighted by Gasteiger charge is 2.17. The predicted octanol–water partition coefficient (Wildman–Crippen LogP) is -1.41. The summed E-state index contributed by atoms with van der Waals surface area (Å²) in [4.78, 5) is 10.4. The zero-order valence-corrected chi connectivity index (χ0v) is 4.63. The van der Waals surface area contributed by atoms with Crippen molar-refractivity contribution < 1.29 is 9.45 Å². The number of nitrogens with one attached hydrogen (secondary N) is 1. The first-order valence-electron chi connectivity index (χ1n) is 2.38. The van der Waals surface area contributed by atoms with Gasteiger partial charge in [0.1, 0.15) is 7.85 Å². The van der Waals surface area contributed by atoms with Crippen molar-refractivity contribution >= 4 is 21.8 Å². The monoisotopic (exact) mass is 119 g/mol. The zero-order valence-electron chi connectivity index (χ0n) is 4.63. The van der Waals surface area contributed by atoms with Crippen LogP contribution in [-0.2, 0) is 9.45 Å². The molecule has 5 heteroatoms. The third kappa shape index (κ3) is 1.09. The molecule has 0 aliphatic carbocycles. The topological polar surface area (TPSA) is 38.3 Å². The Morgan fingerprint density at radius 1 is 1.78 bits per heavy atom. The van der Waals surface area contributed by atoms with Gasteiger partial charge in [-0.25, -0.2) is 0 Å². The van der Waals surface area contributed by atoms with E-state index in [0.717, 1.165) is 0 Å². The van der Waals surface area contributed by atoms with Gasteiger partial charge in [0.05, 0.1) is 5.76 Å². The summed E-state index contributed by atoms with van der Waals surface area (Å²) < 4.78 is 4.25. The van der Waals surface area contributed by atoms with E-state index in [1.165, 1.54) is 6.08 Å². The van der Waals surface area contributed by atoms with Crippen molar-refractivity contribution in [3.05, 3.63) is 11.8 Å². The zero-order chi connectivity index (χ0) is 6.85. The Hall–Kier alpha value is -0.860. The second-order valence-corrected chi connectivity index (χ2v) is 1.65. The molecule has 0 aromatic carbocycles. The molecule has 1 amide bonds. The lowest BCUT2D eigenvalue weighted by Gasteiger charge is -2.07. The van der Waals surface area contributed by atoms with Gasteiger partial charge in [-0.05, 0) is 0 Å². The largest absolute Gasteiger partial charge is 0.570 e. The van der Waals surface area contributed by atoms with E-state index >= 15 is 0 Å². The summed E-state index contributed by atoms with van der Waals surface area (Å²) in [6, 6.07) is 0. The van der Waals surface area contributed by atoms with Crippen LogP contribution in [-0.4, -0.2) is 27.7 Å². The van der Waals surface area contributed by atoms with Crippen LogP contribution >= 0.6 is 0 Å². The van der Waals surface area contributed by atoms with E-state index in [-0.39, 0.29) is 11.7 Å². The Labute approximate surface area is 55.3 Å². The smallest absolute Gasteiger partial charge is 0.373 e. The molecule has 0 spiro atoms. The third-order valence-electron chi connectivity index (χ3n) is 1.01. The van der Waals surface area contributed by atoms with Crippen LogP contribution in [0.5, 0.6) is 0 Å². The first kappa shape index (κ1) is 6.26. The molecular formula is C4H3B2NO2. The molecule has 3 nitrogen and oxygen atoms in total. The number of carbonyl (C=O) groups is 1. The first-order valence-corrected chi connectivity index (χ1v) is 2.38. The molecule has 1 aliphatic heterocycles. The van der Waals surface area contributed by atoms with Crippen LogP contribution in [0.4, 0.5) is 0 Å². The van der Waals surface area contributed by atoms with Crippen LogP contribution in [0.1, 0.15) is 0 Å². The van der Waals surface area contributed by atoms with Gasteiger partial charge in [-0.1, -0.05) is 0 Å². The molecule has 1 unspecified atom stereocenters. The standard InChI is InChI=1S/C4H3B2NO2/c5-4-2(9-6)1-3(8)7-4/h1,4H,(H,7,8). The lowest BCUT2D eigenvalue weighted by atomic mass is 9.96. The van der Waals surface area contributed by atoms with Crippen LogP contribution in [0.3, 0.4) is 0 Å². The molecule has 0 aromatic heterocycles. The van der Waals surface area contributed by atoms with Crippen molar-refractivity contribution in [1.29, 1.82) is 0 Å². The van der Waals surface area contributed by atoms with Crippen LogP contribution in [0, 0.1) is 0 Å². The summed E-state index contributed by atoms with van der Waals surface area (Å²) in [5.74, 6) is -0.592. The van der Waals surface area contributed by atoms with Gasteiger partial charge in [0.15, 0.2) is 0 Å². The third-order valence-corrected chi connectivity index (χ3v) is 1.01. The van der Waals surface area contributed by atoms with Gasteiger partial charge in [-0.15, -0.1) is 0 Å². The predicted molar refractivity (Wildman–Crippen MR) is 32.6 cm³/mol. The Kier molecular flexibility index (Phi) is 1.51. The maximum Gasteiger partial charge on any atom is 0.373 e. The molecule has 0 bridgehead atoms. The van der Waals surface area contributed by atoms with Crippen LogP contribution in [0.25, 0.3) is 0 Å². The summed E-state index contributed by atoms with van der Waals surface area (Å²) in [7, 11) is 10.0. The van der Waals surface area contributed by atoms with E-state index < -0.39 is 5.94 Å². The molecule has 1 atom stereocenters. The van der Waals surface area contributed by atoms with Crippen molar-refractivity contribution in [1.82, 2.24) is 5.32 Å². The van der Waals surface area contributed by atoms with E-state index in [2.05, 4.69) is 9.97 Å². The molecule has 1 N–H and O–H groups in total. The minimum atomic E-state index is -0.581. The Balaban J connectivity index is 2.68. The summed E-state index contributed by atoms with van der Waals surface area (Å²) in [6.45, 7) is 0. The van der Waals surface area contributed by atoms with Gasteiger partial charge >= 0.3 is 8.05 Å². The van der Waals surface area contributed by atoms with Crippen molar-refractivity contribution in [2.75, 3.05) is 0 Å². The highest BCUT2D eigenvalue weighted by Crippen LogP contribution is 2.04. The number of hydrogen-bond acceptors (Lipinski definition) is 2. The summed E-state index contributed by atoms with van der Waals surface area (Å²) in [5.41, 5.74) is 0. The Bertz CT molecular complexity index is 168. The molecule has 0 saturated heterocycles. The van der Waals surface area contributed by atoms with Crippen LogP contribution < -0.4 is 5.32 Å². The van der Waals surface area contributed by atoms with E-state index in [1.807, 2.05) is 0 Å². The molecule has 0 fully saturated rings. The number of rotatable bonds is 1. The Morgan fingerprint density at radius 3 is 2.67 bits per heavy atom. The van der Waals surface area contributed by atoms with Crippen molar-refractivity contribution in [2.45, 2.75) is 5.94 Å². The highest BCUT2D eigenvalue weighted by atomic mass is 16.4. The van der Waals surface area contributed by atoms with Gasteiger partial charge in [0, 0.05) is 12.0 Å². The van der Waals surface area contributed by atoms with Crippen LogP contribution in [0.2, 0.25) is 0 Å². The molecular weight excluding hydrogens is 116 g/mol. The second-order valence-electron chi connectivity index (χ2n) is 1.65. The first-order chi connectivity index (χ1) is 4.24. The van der Waals surface area contributed by atoms with E-state index in [1.54, 1.807) is 0 Å². The van der Waals surface area contributed by atoms with Crippen molar-refractivity contribution in [3.8, 4) is 0 Å². The van der Waals surface area contributed by atoms with Gasteiger partial charge in [-0.2, -0.15) is 0 Å². The molecule has 42 valence electrons. The molecule has 9 heavy (non-hydrogen) atoms. The molecule has 1 aliphatic rings. The molecule has 1 heterocycles. The van der Waals surface area contributed by atoms with E-state index in [9.17, 15) is 4.79 Å². The quantitative estimate of drug-likeness (QED) is 0.430. The van der Waals surface area contributed by atoms with Gasteiger partial charge in [0.25, 0.3) is 0 Å². The number of amides is 1. The fourth-order valence-corrected chi connectivity index (χ4v) is 0.592. The van der Waals surface area contributed by atoms with E-state index in [4.69, 9.17) is 15.9 Å². The van der Waals surface area contributed by atoms with Gasteiger partial charge < -0.3 is 9.97 Å². The number of carbonyl (C=O) groups excluding carboxylic acids is 1. The average Bonchev–Trinajstić information content (AvgIpc) is 2.10. The summed E-state index contributed by atoms with van der Waals surface area (Å²) in [6.07, 6.45) is 1.21. The number of hydrogen-bond donors (Lipinski definition) is 1. The second kappa shape index (κ2) is 2.17. The molecule has 1 rings (SSSR count). The highest BCUT2D eigenvalue weighted by molar-refractivity contribution is 6.18. The Morgan fingerprint density at radius 2 is 2.44 bits per heavy atom. The van der Waals surface area contributed by atoms with Crippen molar-refractivity contribution in [3.63, 3.8) is 0 Å². The van der Waals surface area contributed by atoms with Crippen molar-refractivity contribution in [2.24, 2.45) is 0 Å². The maximum atomic E-state index is 10.4. The maximum absolute atomic E-state index is 10.4. The molecule has 0 aromatic rings. The normalized spacial score (nSPS) is 25.1. The van der Waals surface area contributed by atoms with Crippen LogP contribution in [0.15, 0.2) is 11.8 Å². The SMILES string of the molecule is [B]OC1=CC(=O)NC1[B]. The summed E-state index contributed by atoms with van der Waals surface area (Å²) >= 11 is 0. The lowest BCUT2D eigenvalue weighted by molar-refractivity contribution is -0.115. The van der Waals surface area contributed by atoms with E-state index in [0.29, 0.717) is 0 Å². The minimum absolute atomic E-state index is 0.264. The fourth-order valence-electron chi connectivity index (χ4n) is 0.592.